The average molecular weight is 1030 g/mol. The molecule has 2 aliphatic heterocycles. The molecule has 0 unspecified atom stereocenters. The molecule has 0 spiro atoms. The maximum Gasteiger partial charge on any atom is 0.334 e. The van der Waals surface area contributed by atoms with Crippen molar-refractivity contribution in [1.29, 1.82) is 0 Å². The van der Waals surface area contributed by atoms with Crippen LogP contribution in [0.3, 0.4) is 0 Å². The van der Waals surface area contributed by atoms with Crippen LogP contribution in [0.4, 0.5) is 22.1 Å². The minimum Gasteiger partial charge on any atom is -0.376 e. The van der Waals surface area contributed by atoms with Gasteiger partial charge in [-0.1, -0.05) is 209 Å². The van der Waals surface area contributed by atoms with Crippen LogP contribution >= 0.6 is 11.3 Å². The van der Waals surface area contributed by atoms with Crippen molar-refractivity contribution >= 4 is 61.3 Å². The zero-order chi connectivity index (χ0) is 54.7. The molecule has 0 fully saturated rings. The Morgan fingerprint density at radius 1 is 0.442 bits per heavy atom. The number of rotatable bonds is 5. The van der Waals surface area contributed by atoms with Crippen molar-refractivity contribution in [3.8, 4) is 33.4 Å². The Morgan fingerprint density at radius 3 is 1.62 bits per heavy atom. The van der Waals surface area contributed by atoms with Crippen LogP contribution in [-0.2, 0) is 44.4 Å². The van der Waals surface area contributed by atoms with Gasteiger partial charge in [0, 0.05) is 33.9 Å². The van der Waals surface area contributed by atoms with Gasteiger partial charge in [0.2, 0.25) is 0 Å². The second-order valence-corrected chi connectivity index (χ2v) is 30.6. The predicted molar refractivity (Wildman–Crippen MR) is 337 cm³/mol. The molecule has 1 aromatic heterocycles. The van der Waals surface area contributed by atoms with E-state index in [0.717, 1.165) is 6.54 Å². The summed E-state index contributed by atoms with van der Waals surface area (Å²) >= 11 is 2.04. The molecule has 12 rings (SSSR count). The summed E-state index contributed by atoms with van der Waals surface area (Å²) in [5, 5.41) is 2.78. The quantitative estimate of drug-likeness (QED) is 0.159. The number of fused-ring (bicyclic) bond motifs is 8. The van der Waals surface area contributed by atoms with E-state index in [0.29, 0.717) is 0 Å². The summed E-state index contributed by atoms with van der Waals surface area (Å²) < 4.78 is 1.40. The highest BCUT2D eigenvalue weighted by atomic mass is 32.1. The first kappa shape index (κ1) is 51.9. The molecule has 2 nitrogen and oxygen atoms in total. The van der Waals surface area contributed by atoms with Crippen LogP contribution in [-0.4, -0.2) is 6.85 Å². The molecule has 0 atom stereocenters. The Morgan fingerprint density at radius 2 is 1.00 bits per heavy atom. The van der Waals surface area contributed by atoms with Crippen LogP contribution in [0.15, 0.2) is 133 Å². The van der Waals surface area contributed by atoms with Gasteiger partial charge in [-0.25, -0.2) is 0 Å². The summed E-state index contributed by atoms with van der Waals surface area (Å²) in [5.74, 6) is 0. The zero-order valence-corrected chi connectivity index (χ0v) is 50.4. The fourth-order valence-electron chi connectivity index (χ4n) is 13.8. The van der Waals surface area contributed by atoms with E-state index in [-0.39, 0.29) is 44.8 Å². The normalized spacial score (nSPS) is 17.9. The monoisotopic (exact) mass is 1030 g/mol. The Hall–Kier alpha value is -5.84. The molecule has 0 bridgehead atoms. The maximum absolute atomic E-state index is 2.81. The number of nitrogens with zero attached hydrogens (tertiary/aromatic N) is 2. The Balaban J connectivity index is 1.20. The number of anilines is 4. The highest BCUT2D eigenvalue weighted by Crippen LogP contribution is 2.55. The molecule has 0 N–H and O–H groups in total. The van der Waals surface area contributed by atoms with Gasteiger partial charge in [0.1, 0.15) is 0 Å². The van der Waals surface area contributed by atoms with E-state index in [1.165, 1.54) is 147 Å². The fraction of sp³-hybridized carbons (Fsp3) is 0.397. The second kappa shape index (κ2) is 17.3. The lowest BCUT2D eigenvalue weighted by atomic mass is 9.43. The first-order chi connectivity index (χ1) is 36.0. The van der Waals surface area contributed by atoms with E-state index < -0.39 is 0 Å². The van der Waals surface area contributed by atoms with Gasteiger partial charge in [-0.15, -0.1) is 11.3 Å². The van der Waals surface area contributed by atoms with Gasteiger partial charge >= 0.3 is 6.85 Å². The highest BCUT2D eigenvalue weighted by Gasteiger charge is 2.49. The topological polar surface area (TPSA) is 6.48 Å². The molecule has 3 heterocycles. The summed E-state index contributed by atoms with van der Waals surface area (Å²) in [6, 6.07) is 53.6. The van der Waals surface area contributed by atoms with E-state index in [9.17, 15) is 0 Å². The summed E-state index contributed by atoms with van der Waals surface area (Å²) in [6.07, 6.45) is 4.73. The van der Waals surface area contributed by atoms with E-state index in [4.69, 9.17) is 0 Å². The average Bonchev–Trinajstić information content (AvgIpc) is 3.90. The molecule has 77 heavy (non-hydrogen) atoms. The molecule has 0 saturated carbocycles. The number of hydrogen-bond acceptors (Lipinski definition) is 3. The van der Waals surface area contributed by atoms with E-state index in [1.807, 2.05) is 11.3 Å². The van der Waals surface area contributed by atoms with Crippen LogP contribution in [0.1, 0.15) is 188 Å². The summed E-state index contributed by atoms with van der Waals surface area (Å²) in [6.45, 7) is 41.7. The molecule has 2 aliphatic carbocycles. The van der Waals surface area contributed by atoms with Crippen molar-refractivity contribution in [2.75, 3.05) is 9.71 Å². The molecular formula is C73H83BN2S. The minimum absolute atomic E-state index is 0.00577. The third-order valence-corrected chi connectivity index (χ3v) is 20.4. The third kappa shape index (κ3) is 8.56. The molecular weight excluding hydrogens is 948 g/mol. The smallest absolute Gasteiger partial charge is 0.334 e. The highest BCUT2D eigenvalue weighted by molar-refractivity contribution is 7.26. The lowest BCUT2D eigenvalue weighted by Gasteiger charge is -2.47. The van der Waals surface area contributed by atoms with Crippen molar-refractivity contribution < 1.29 is 0 Å². The summed E-state index contributed by atoms with van der Waals surface area (Å²) in [5.41, 5.74) is 26.2. The predicted octanol–water partition coefficient (Wildman–Crippen LogP) is 19.4. The van der Waals surface area contributed by atoms with Crippen LogP contribution in [0.2, 0.25) is 0 Å². The first-order valence-electron chi connectivity index (χ1n) is 29.0. The van der Waals surface area contributed by atoms with Gasteiger partial charge in [-0.2, -0.15) is 0 Å². The van der Waals surface area contributed by atoms with E-state index in [1.54, 1.807) is 0 Å². The number of benzene rings is 7. The van der Waals surface area contributed by atoms with Crippen molar-refractivity contribution in [2.24, 2.45) is 0 Å². The Kier molecular flexibility index (Phi) is 11.7. The summed E-state index contributed by atoms with van der Waals surface area (Å²) in [7, 11) is 0. The lowest BCUT2D eigenvalue weighted by Crippen LogP contribution is -2.61. The number of thiophene rings is 1. The van der Waals surface area contributed by atoms with Crippen LogP contribution in [0, 0.1) is 0 Å². The molecule has 4 aliphatic rings. The van der Waals surface area contributed by atoms with Crippen molar-refractivity contribution in [1.82, 2.24) is 0 Å². The van der Waals surface area contributed by atoms with E-state index >= 15 is 0 Å². The van der Waals surface area contributed by atoms with Gasteiger partial charge in [-0.05, 0) is 195 Å². The van der Waals surface area contributed by atoms with Crippen LogP contribution in [0.5, 0.6) is 0 Å². The Labute approximate surface area is 467 Å². The molecule has 8 aromatic rings. The van der Waals surface area contributed by atoms with Crippen molar-refractivity contribution in [2.45, 2.75) is 188 Å². The molecule has 394 valence electrons. The zero-order valence-electron chi connectivity index (χ0n) is 49.6. The van der Waals surface area contributed by atoms with Gasteiger partial charge in [-0.3, -0.25) is 0 Å². The van der Waals surface area contributed by atoms with Crippen LogP contribution in [0.25, 0.3) is 43.5 Å². The number of hydrogen-bond donors (Lipinski definition) is 0. The third-order valence-electron chi connectivity index (χ3n) is 19.2. The van der Waals surface area contributed by atoms with E-state index in [2.05, 4.69) is 261 Å². The van der Waals surface area contributed by atoms with Crippen molar-refractivity contribution in [3.63, 3.8) is 0 Å². The SMILES string of the molecule is CC(C)(C)c1ccc(-c2ccc3c(c2)-c2cc(C(C)(C)C)cc4c2B(c2c(sc5cc6c(cc25)C(C)(C)CCC6(C)C)N4Cc2ccc(C(C)(C)C)cc2-c2ccccc2)N3c2ccc3c(c2)C(C)(C)CCC3(C)C)cc1. The molecule has 0 saturated heterocycles. The molecule has 0 radical (unpaired) electrons. The van der Waals surface area contributed by atoms with Crippen LogP contribution < -0.4 is 20.6 Å². The van der Waals surface area contributed by atoms with Gasteiger partial charge in [0.05, 0.1) is 5.00 Å². The molecule has 4 heteroatoms. The second-order valence-electron chi connectivity index (χ2n) is 29.6. The summed E-state index contributed by atoms with van der Waals surface area (Å²) in [4.78, 5) is 5.60. The molecule has 0 amide bonds. The largest absolute Gasteiger partial charge is 0.376 e. The minimum atomic E-state index is -0.110. The Bertz CT molecular complexity index is 3670. The van der Waals surface area contributed by atoms with Crippen molar-refractivity contribution in [3.05, 3.63) is 178 Å². The lowest BCUT2D eigenvalue weighted by molar-refractivity contribution is 0.332. The van der Waals surface area contributed by atoms with Gasteiger partial charge in [0.15, 0.2) is 0 Å². The first-order valence-corrected chi connectivity index (χ1v) is 29.8. The van der Waals surface area contributed by atoms with Gasteiger partial charge < -0.3 is 9.71 Å². The molecule has 7 aromatic carbocycles. The fourth-order valence-corrected chi connectivity index (χ4v) is 15.1. The van der Waals surface area contributed by atoms with Gasteiger partial charge in [0.25, 0.3) is 0 Å². The maximum atomic E-state index is 2.81. The standard InChI is InChI=1S/C73H83BN2S/c1-67(2,3)49-27-23-45(24-28-49)47-26-32-61-54(37-47)55-39-51(69(7,8)9)40-62-64(55)74(76(61)52-30-31-57-58(41-52)71(12,13)34-33-70(57,10)11)65-56-42-59-60(73(16,17)36-35-72(59,14)15)43-63(56)77-66(65)75(62)44-48-25-29-50(68(4,5)6)38-53(48)46-21-19-18-20-22-46/h18-32,37-43H,33-36,44H2,1-17H3.